The second kappa shape index (κ2) is 7.91. The largest absolute Gasteiger partial charge is 0.388 e. The number of ether oxygens (including phenoxy) is 1. The van der Waals surface area contributed by atoms with Crippen molar-refractivity contribution in [1.82, 2.24) is 14.9 Å². The Hall–Kier alpha value is -1.31. The minimum atomic E-state index is 0.258. The summed E-state index contributed by atoms with van der Waals surface area (Å²) >= 11 is 4.80. The Morgan fingerprint density at radius 1 is 1.44 bits per heavy atom. The molecule has 0 aromatic carbocycles. The van der Waals surface area contributed by atoms with Crippen molar-refractivity contribution in [3.05, 3.63) is 18.1 Å². The summed E-state index contributed by atoms with van der Waals surface area (Å²) in [6, 6.07) is 0. The van der Waals surface area contributed by atoms with Crippen molar-refractivity contribution in [2.75, 3.05) is 45.7 Å². The van der Waals surface area contributed by atoms with E-state index in [0.717, 1.165) is 32.1 Å². The maximum absolute atomic E-state index is 5.44. The van der Waals surface area contributed by atoms with E-state index >= 15 is 0 Å². The Bertz CT molecular complexity index is 370. The Morgan fingerprint density at radius 3 is 2.78 bits per heavy atom. The van der Waals surface area contributed by atoms with Crippen molar-refractivity contribution in [1.29, 1.82) is 0 Å². The molecule has 0 radical (unpaired) electrons. The van der Waals surface area contributed by atoms with Gasteiger partial charge in [0, 0.05) is 26.7 Å². The summed E-state index contributed by atoms with van der Waals surface area (Å²) in [4.78, 5) is 10.7. The predicted molar refractivity (Wildman–Crippen MR) is 75.8 cm³/mol. The van der Waals surface area contributed by atoms with E-state index in [1.165, 1.54) is 0 Å². The van der Waals surface area contributed by atoms with Crippen LogP contribution in [-0.2, 0) is 4.74 Å². The molecule has 18 heavy (non-hydrogen) atoms. The lowest BCUT2D eigenvalue weighted by atomic mass is 10.4. The average molecular weight is 269 g/mol. The van der Waals surface area contributed by atoms with E-state index < -0.39 is 0 Å². The number of thiocarbonyl (C=S) groups is 1. The number of nitrogens with one attached hydrogen (secondary N) is 1. The molecule has 0 saturated heterocycles. The normalized spacial score (nSPS) is 10.6. The third-order valence-electron chi connectivity index (χ3n) is 2.38. The highest BCUT2D eigenvalue weighted by molar-refractivity contribution is 7.80. The number of rotatable bonds is 8. The van der Waals surface area contributed by atoms with Gasteiger partial charge in [0.2, 0.25) is 0 Å². The molecule has 0 aliphatic carbocycles. The van der Waals surface area contributed by atoms with Crippen molar-refractivity contribution in [3.63, 3.8) is 0 Å². The first kappa shape index (κ1) is 14.7. The van der Waals surface area contributed by atoms with Gasteiger partial charge in [0.15, 0.2) is 0 Å². The lowest BCUT2D eigenvalue weighted by Gasteiger charge is -2.16. The highest BCUT2D eigenvalue weighted by atomic mass is 32.1. The molecule has 0 spiro atoms. The second-order valence-electron chi connectivity index (χ2n) is 3.87. The molecule has 0 fully saturated rings. The van der Waals surface area contributed by atoms with Crippen LogP contribution >= 0.6 is 12.2 Å². The maximum atomic E-state index is 5.44. The molecule has 0 amide bonds. The first-order chi connectivity index (χ1) is 8.63. The summed E-state index contributed by atoms with van der Waals surface area (Å²) in [6.45, 7) is 3.34. The van der Waals surface area contributed by atoms with Crippen LogP contribution in [0.4, 0.5) is 5.82 Å². The molecule has 0 bridgehead atoms. The van der Waals surface area contributed by atoms with Crippen molar-refractivity contribution in [2.24, 2.45) is 5.73 Å². The molecular weight excluding hydrogens is 250 g/mol. The molecule has 0 aliphatic rings. The Morgan fingerprint density at radius 2 is 2.22 bits per heavy atom. The summed E-state index contributed by atoms with van der Waals surface area (Å²) in [5, 5.41) is 3.18. The van der Waals surface area contributed by atoms with Crippen LogP contribution in [0.25, 0.3) is 0 Å². The summed E-state index contributed by atoms with van der Waals surface area (Å²) in [6.07, 6.45) is 3.20. The van der Waals surface area contributed by atoms with Gasteiger partial charge < -0.3 is 20.7 Å². The Balaban J connectivity index is 2.29. The molecule has 3 N–H and O–H groups in total. The number of nitrogens with zero attached hydrogens (tertiary/aromatic N) is 3. The highest BCUT2D eigenvalue weighted by Gasteiger charge is 2.00. The van der Waals surface area contributed by atoms with Gasteiger partial charge in [0.05, 0.1) is 19.0 Å². The number of aromatic nitrogens is 2. The van der Waals surface area contributed by atoms with Gasteiger partial charge >= 0.3 is 0 Å². The fourth-order valence-electron chi connectivity index (χ4n) is 1.28. The molecule has 1 heterocycles. The predicted octanol–water partition coefficient (Wildman–Crippen LogP) is 0.101. The molecule has 100 valence electrons. The smallest absolute Gasteiger partial charge is 0.144 e. The van der Waals surface area contributed by atoms with Crippen molar-refractivity contribution >= 4 is 23.0 Å². The second-order valence-corrected chi connectivity index (χ2v) is 4.31. The molecule has 0 atom stereocenters. The van der Waals surface area contributed by atoms with Crippen LogP contribution in [0.5, 0.6) is 0 Å². The molecule has 1 aromatic heterocycles. The zero-order valence-electron chi connectivity index (χ0n) is 10.7. The zero-order chi connectivity index (χ0) is 13.4. The standard InChI is InChI=1S/C11H19N5OS/c1-16(5-6-17-2)4-3-13-10-8-14-9(7-15-10)11(12)18/h7-8H,3-6H2,1-2H3,(H2,12,18)(H,13,15). The highest BCUT2D eigenvalue weighted by Crippen LogP contribution is 2.00. The average Bonchev–Trinajstić information content (AvgIpc) is 2.37. The fourth-order valence-corrected chi connectivity index (χ4v) is 1.39. The SMILES string of the molecule is COCCN(C)CCNc1cnc(C(N)=S)cn1. The lowest BCUT2D eigenvalue weighted by Crippen LogP contribution is -2.28. The van der Waals surface area contributed by atoms with Crippen LogP contribution in [-0.4, -0.2) is 60.3 Å². The number of anilines is 1. The fraction of sp³-hybridized carbons (Fsp3) is 0.545. The van der Waals surface area contributed by atoms with E-state index in [1.54, 1.807) is 19.5 Å². The quantitative estimate of drug-likeness (QED) is 0.648. The van der Waals surface area contributed by atoms with Crippen molar-refractivity contribution in [2.45, 2.75) is 0 Å². The monoisotopic (exact) mass is 269 g/mol. The Labute approximate surface area is 113 Å². The van der Waals surface area contributed by atoms with Crippen LogP contribution < -0.4 is 11.1 Å². The molecule has 1 rings (SSSR count). The molecular formula is C11H19N5OS. The molecule has 0 unspecified atom stereocenters. The molecule has 1 aromatic rings. The van der Waals surface area contributed by atoms with Gasteiger partial charge in [-0.05, 0) is 7.05 Å². The van der Waals surface area contributed by atoms with Gasteiger partial charge in [0.1, 0.15) is 16.5 Å². The summed E-state index contributed by atoms with van der Waals surface area (Å²) in [5.41, 5.74) is 5.98. The molecule has 6 nitrogen and oxygen atoms in total. The number of likely N-dealkylation sites (N-methyl/N-ethyl adjacent to an activating group) is 1. The van der Waals surface area contributed by atoms with Crippen LogP contribution in [0.15, 0.2) is 12.4 Å². The minimum Gasteiger partial charge on any atom is -0.388 e. The minimum absolute atomic E-state index is 0.258. The van der Waals surface area contributed by atoms with E-state index in [2.05, 4.69) is 20.2 Å². The van der Waals surface area contributed by atoms with Crippen LogP contribution in [0.3, 0.4) is 0 Å². The summed E-state index contributed by atoms with van der Waals surface area (Å²) < 4.78 is 5.00. The van der Waals surface area contributed by atoms with E-state index in [0.29, 0.717) is 5.69 Å². The van der Waals surface area contributed by atoms with Gasteiger partial charge in [-0.2, -0.15) is 0 Å². The maximum Gasteiger partial charge on any atom is 0.144 e. The number of hydrogen-bond donors (Lipinski definition) is 2. The number of methoxy groups -OCH3 is 1. The van der Waals surface area contributed by atoms with Gasteiger partial charge in [-0.3, -0.25) is 0 Å². The summed E-state index contributed by atoms with van der Waals surface area (Å²) in [5.74, 6) is 0.718. The van der Waals surface area contributed by atoms with Crippen molar-refractivity contribution in [3.8, 4) is 0 Å². The summed E-state index contributed by atoms with van der Waals surface area (Å²) in [7, 11) is 3.74. The lowest BCUT2D eigenvalue weighted by molar-refractivity contribution is 0.163. The van der Waals surface area contributed by atoms with E-state index in [1.807, 2.05) is 7.05 Å². The molecule has 7 heteroatoms. The van der Waals surface area contributed by atoms with E-state index in [9.17, 15) is 0 Å². The molecule has 0 saturated carbocycles. The van der Waals surface area contributed by atoms with Crippen molar-refractivity contribution < 1.29 is 4.74 Å². The van der Waals surface area contributed by atoms with Gasteiger partial charge in [-0.15, -0.1) is 0 Å². The van der Waals surface area contributed by atoms with E-state index in [-0.39, 0.29) is 4.99 Å². The number of hydrogen-bond acceptors (Lipinski definition) is 6. The molecule has 0 aliphatic heterocycles. The first-order valence-electron chi connectivity index (χ1n) is 5.66. The zero-order valence-corrected chi connectivity index (χ0v) is 11.5. The number of nitrogens with two attached hydrogens (primary N) is 1. The van der Waals surface area contributed by atoms with Crippen LogP contribution in [0.1, 0.15) is 5.69 Å². The topological polar surface area (TPSA) is 76.3 Å². The third kappa shape index (κ3) is 5.35. The van der Waals surface area contributed by atoms with Crippen LogP contribution in [0.2, 0.25) is 0 Å². The third-order valence-corrected chi connectivity index (χ3v) is 2.59. The van der Waals surface area contributed by atoms with Gasteiger partial charge in [-0.1, -0.05) is 12.2 Å². The van der Waals surface area contributed by atoms with Gasteiger partial charge in [-0.25, -0.2) is 9.97 Å². The van der Waals surface area contributed by atoms with E-state index in [4.69, 9.17) is 22.7 Å². The van der Waals surface area contributed by atoms with Gasteiger partial charge in [0.25, 0.3) is 0 Å². The Kier molecular flexibility index (Phi) is 6.48. The first-order valence-corrected chi connectivity index (χ1v) is 6.07. The van der Waals surface area contributed by atoms with Crippen LogP contribution in [0, 0.1) is 0 Å².